The van der Waals surface area contributed by atoms with Gasteiger partial charge in [0.15, 0.2) is 5.82 Å². The lowest BCUT2D eigenvalue weighted by molar-refractivity contribution is 0.789. The second-order valence-electron chi connectivity index (χ2n) is 5.40. The molecule has 0 radical (unpaired) electrons. The van der Waals surface area contributed by atoms with E-state index in [-0.39, 0.29) is 0 Å². The summed E-state index contributed by atoms with van der Waals surface area (Å²) >= 11 is 0. The largest absolute Gasteiger partial charge is 0.382 e. The highest BCUT2D eigenvalue weighted by Crippen LogP contribution is 2.26. The second-order valence-corrected chi connectivity index (χ2v) is 5.40. The highest BCUT2D eigenvalue weighted by Gasteiger charge is 2.10. The number of anilines is 1. The molecule has 2 N–H and O–H groups in total. The first-order chi connectivity index (χ1) is 11.2. The van der Waals surface area contributed by atoms with Gasteiger partial charge in [0.2, 0.25) is 0 Å². The molecule has 0 aliphatic carbocycles. The Kier molecular flexibility index (Phi) is 4.24. The molecule has 0 unspecified atom stereocenters. The Hall–Kier alpha value is -2.88. The lowest BCUT2D eigenvalue weighted by Crippen LogP contribution is -1.96. The summed E-state index contributed by atoms with van der Waals surface area (Å²) in [4.78, 5) is 8.67. The molecule has 4 heteroatoms. The molecule has 4 aromatic rings. The first-order valence-corrected chi connectivity index (χ1v) is 7.71. The number of benzene rings is 2. The number of imidazole rings is 1. The van der Waals surface area contributed by atoms with Crippen LogP contribution in [0.25, 0.3) is 21.9 Å². The molecule has 0 amide bonds. The highest BCUT2D eigenvalue weighted by atomic mass is 15.1. The number of rotatable bonds is 1. The summed E-state index contributed by atoms with van der Waals surface area (Å²) in [6, 6.07) is 18.3. The number of nitrogens with zero attached hydrogens (tertiary/aromatic N) is 3. The first-order valence-electron chi connectivity index (χ1n) is 7.71. The molecule has 2 heterocycles. The highest BCUT2D eigenvalue weighted by molar-refractivity contribution is 6.06. The van der Waals surface area contributed by atoms with E-state index in [0.717, 1.165) is 28.5 Å². The van der Waals surface area contributed by atoms with Crippen molar-refractivity contribution < 1.29 is 0 Å². The molecule has 0 saturated heterocycles. The minimum absolute atomic E-state index is 0.501. The number of nitrogens with two attached hydrogens (primary N) is 1. The van der Waals surface area contributed by atoms with Crippen LogP contribution in [-0.4, -0.2) is 14.5 Å². The standard InChI is InChI=1S/C12H12N4.C7H8/c1-2-16-7-14-10-11(16)8-5-3-4-6-9(8)15-12(10)13;1-7-5-3-2-4-6-7/h3-7H,2H2,1H3,(H2,13,15);2-6H,1H3. The molecule has 2 aromatic carbocycles. The fraction of sp³-hybridized carbons (Fsp3) is 0.158. The molecule has 0 bridgehead atoms. The van der Waals surface area contributed by atoms with Crippen LogP contribution in [0.1, 0.15) is 12.5 Å². The van der Waals surface area contributed by atoms with Crippen molar-refractivity contribution in [2.75, 3.05) is 5.73 Å². The van der Waals surface area contributed by atoms with Crippen molar-refractivity contribution in [1.82, 2.24) is 14.5 Å². The fourth-order valence-electron chi connectivity index (χ4n) is 2.58. The quantitative estimate of drug-likeness (QED) is 0.574. The number of hydrogen-bond donors (Lipinski definition) is 1. The Labute approximate surface area is 135 Å². The zero-order chi connectivity index (χ0) is 16.2. The fourth-order valence-corrected chi connectivity index (χ4v) is 2.58. The Bertz CT molecular complexity index is 926. The molecule has 23 heavy (non-hydrogen) atoms. The van der Waals surface area contributed by atoms with E-state index in [2.05, 4.69) is 46.6 Å². The number of hydrogen-bond acceptors (Lipinski definition) is 3. The van der Waals surface area contributed by atoms with Crippen molar-refractivity contribution in [3.63, 3.8) is 0 Å². The van der Waals surface area contributed by atoms with E-state index in [1.54, 1.807) is 0 Å². The van der Waals surface area contributed by atoms with E-state index in [0.29, 0.717) is 5.82 Å². The van der Waals surface area contributed by atoms with Gasteiger partial charge in [0.05, 0.1) is 17.4 Å². The van der Waals surface area contributed by atoms with Crippen LogP contribution in [0, 0.1) is 6.92 Å². The summed E-state index contributed by atoms with van der Waals surface area (Å²) in [5.41, 5.74) is 10.0. The number of fused-ring (bicyclic) bond motifs is 3. The van der Waals surface area contributed by atoms with Crippen molar-refractivity contribution in [3.8, 4) is 0 Å². The zero-order valence-electron chi connectivity index (χ0n) is 13.4. The molecule has 4 nitrogen and oxygen atoms in total. The van der Waals surface area contributed by atoms with Crippen molar-refractivity contribution in [1.29, 1.82) is 0 Å². The third kappa shape index (κ3) is 3.01. The maximum absolute atomic E-state index is 5.90. The van der Waals surface area contributed by atoms with E-state index in [1.165, 1.54) is 5.56 Å². The summed E-state index contributed by atoms with van der Waals surface area (Å²) in [6.07, 6.45) is 1.81. The van der Waals surface area contributed by atoms with Gasteiger partial charge in [-0.1, -0.05) is 54.1 Å². The smallest absolute Gasteiger partial charge is 0.152 e. The topological polar surface area (TPSA) is 56.7 Å². The van der Waals surface area contributed by atoms with E-state index in [4.69, 9.17) is 5.73 Å². The molecule has 0 aliphatic rings. The van der Waals surface area contributed by atoms with Gasteiger partial charge in [0.25, 0.3) is 0 Å². The third-order valence-electron chi connectivity index (χ3n) is 3.76. The number of para-hydroxylation sites is 1. The van der Waals surface area contributed by atoms with Crippen molar-refractivity contribution in [3.05, 3.63) is 66.5 Å². The molecule has 4 rings (SSSR count). The first kappa shape index (κ1) is 15.0. The van der Waals surface area contributed by atoms with Gasteiger partial charge in [-0.3, -0.25) is 0 Å². The summed E-state index contributed by atoms with van der Waals surface area (Å²) in [7, 11) is 0. The molecule has 0 fully saturated rings. The molecule has 0 saturated carbocycles. The summed E-state index contributed by atoms with van der Waals surface area (Å²) in [5.74, 6) is 0.501. The average Bonchev–Trinajstić information content (AvgIpc) is 3.01. The summed E-state index contributed by atoms with van der Waals surface area (Å²) in [5, 5.41) is 1.10. The van der Waals surface area contributed by atoms with Crippen LogP contribution in [0.15, 0.2) is 60.9 Å². The third-order valence-corrected chi connectivity index (χ3v) is 3.76. The molecular weight excluding hydrogens is 284 g/mol. The van der Waals surface area contributed by atoms with Crippen LogP contribution in [0.2, 0.25) is 0 Å². The molecule has 0 atom stereocenters. The second kappa shape index (κ2) is 6.48. The Morgan fingerprint density at radius 3 is 2.35 bits per heavy atom. The van der Waals surface area contributed by atoms with Crippen LogP contribution in [-0.2, 0) is 6.54 Å². The van der Waals surface area contributed by atoms with Gasteiger partial charge in [-0.25, -0.2) is 9.97 Å². The molecule has 116 valence electrons. The van der Waals surface area contributed by atoms with E-state index in [9.17, 15) is 0 Å². The van der Waals surface area contributed by atoms with E-state index in [1.807, 2.05) is 42.7 Å². The lowest BCUT2D eigenvalue weighted by atomic mass is 10.2. The number of nitrogen functional groups attached to an aromatic ring is 1. The van der Waals surface area contributed by atoms with Crippen LogP contribution in [0.3, 0.4) is 0 Å². The Morgan fingerprint density at radius 2 is 1.70 bits per heavy atom. The number of aryl methyl sites for hydroxylation is 2. The Balaban J connectivity index is 0.000000188. The van der Waals surface area contributed by atoms with Gasteiger partial charge in [0, 0.05) is 11.9 Å². The molecular formula is C19H20N4. The van der Waals surface area contributed by atoms with Crippen molar-refractivity contribution in [2.45, 2.75) is 20.4 Å². The maximum Gasteiger partial charge on any atom is 0.152 e. The van der Waals surface area contributed by atoms with Gasteiger partial charge in [0.1, 0.15) is 5.52 Å². The normalized spacial score (nSPS) is 10.5. The minimum atomic E-state index is 0.501. The molecule has 0 aliphatic heterocycles. The number of pyridine rings is 1. The SMILES string of the molecule is CCn1cnc2c(N)nc3ccccc3c21.Cc1ccccc1. The molecule has 2 aromatic heterocycles. The lowest BCUT2D eigenvalue weighted by Gasteiger charge is -2.04. The van der Waals surface area contributed by atoms with Crippen LogP contribution in [0.4, 0.5) is 5.82 Å². The van der Waals surface area contributed by atoms with Crippen molar-refractivity contribution >= 4 is 27.8 Å². The van der Waals surface area contributed by atoms with Gasteiger partial charge >= 0.3 is 0 Å². The predicted octanol–water partition coefficient (Wildman–Crippen LogP) is 4.18. The summed E-state index contributed by atoms with van der Waals surface area (Å²) in [6.45, 7) is 5.05. The molecule has 0 spiro atoms. The van der Waals surface area contributed by atoms with Crippen LogP contribution >= 0.6 is 0 Å². The van der Waals surface area contributed by atoms with Gasteiger partial charge < -0.3 is 10.3 Å². The average molecular weight is 304 g/mol. The minimum Gasteiger partial charge on any atom is -0.382 e. The van der Waals surface area contributed by atoms with Gasteiger partial charge in [-0.05, 0) is 19.9 Å². The van der Waals surface area contributed by atoms with Gasteiger partial charge in [-0.15, -0.1) is 0 Å². The van der Waals surface area contributed by atoms with Crippen LogP contribution < -0.4 is 5.73 Å². The van der Waals surface area contributed by atoms with E-state index < -0.39 is 0 Å². The summed E-state index contributed by atoms with van der Waals surface area (Å²) < 4.78 is 2.09. The predicted molar refractivity (Wildman–Crippen MR) is 96.3 cm³/mol. The zero-order valence-corrected chi connectivity index (χ0v) is 13.4. The maximum atomic E-state index is 5.90. The monoisotopic (exact) mass is 304 g/mol. The Morgan fingerprint density at radius 1 is 1.00 bits per heavy atom. The van der Waals surface area contributed by atoms with Gasteiger partial charge in [-0.2, -0.15) is 0 Å². The van der Waals surface area contributed by atoms with Crippen LogP contribution in [0.5, 0.6) is 0 Å². The van der Waals surface area contributed by atoms with E-state index >= 15 is 0 Å². The van der Waals surface area contributed by atoms with Crippen molar-refractivity contribution in [2.24, 2.45) is 0 Å². The number of aromatic nitrogens is 3.